The Morgan fingerprint density at radius 3 is 2.57 bits per heavy atom. The number of aromatic nitrogens is 9. The lowest BCUT2D eigenvalue weighted by Gasteiger charge is -2.22. The third-order valence-corrected chi connectivity index (χ3v) is 5.40. The fraction of sp³-hybridized carbons (Fsp3) is 0.706. The summed E-state index contributed by atoms with van der Waals surface area (Å²) >= 11 is 0. The van der Waals surface area contributed by atoms with Gasteiger partial charge in [-0.2, -0.15) is 5.21 Å². The number of aromatic amines is 1. The van der Waals surface area contributed by atoms with Gasteiger partial charge in [0.2, 0.25) is 0 Å². The predicted octanol–water partition coefficient (Wildman–Crippen LogP) is 0.602. The van der Waals surface area contributed by atoms with E-state index in [9.17, 15) is 5.11 Å². The lowest BCUT2D eigenvalue weighted by atomic mass is 9.95. The van der Waals surface area contributed by atoms with Crippen LogP contribution in [0.15, 0.2) is 0 Å². The Bertz CT molecular complexity index is 987. The van der Waals surface area contributed by atoms with Crippen LogP contribution in [-0.2, 0) is 5.41 Å². The van der Waals surface area contributed by atoms with Gasteiger partial charge in [-0.05, 0) is 25.2 Å². The number of hydrogen-bond donors (Lipinski definition) is 2. The van der Waals surface area contributed by atoms with Crippen molar-refractivity contribution in [1.82, 2.24) is 45.6 Å². The fourth-order valence-electron chi connectivity index (χ4n) is 3.72. The lowest BCUT2D eigenvalue weighted by molar-refractivity contribution is 0.198. The molecule has 4 heterocycles. The van der Waals surface area contributed by atoms with E-state index in [1.165, 1.54) is 0 Å². The molecular weight excluding hydrogens is 360 g/mol. The van der Waals surface area contributed by atoms with Gasteiger partial charge >= 0.3 is 0 Å². The second kappa shape index (κ2) is 6.16. The SMILES string of the molecule is CC(C)(C)c1nc(N2CCC(O)C2)c2nnn(C(c3nn[nH]n3)C3CC3)c2n1. The highest BCUT2D eigenvalue weighted by atomic mass is 16.3. The van der Waals surface area contributed by atoms with E-state index in [1.807, 2.05) is 4.68 Å². The maximum absolute atomic E-state index is 10.0. The number of nitrogens with zero attached hydrogens (tertiary/aromatic N) is 9. The molecule has 0 aromatic carbocycles. The largest absolute Gasteiger partial charge is 0.391 e. The highest BCUT2D eigenvalue weighted by molar-refractivity contribution is 5.83. The van der Waals surface area contributed by atoms with Gasteiger partial charge in [0.25, 0.3) is 0 Å². The lowest BCUT2D eigenvalue weighted by Crippen LogP contribution is -2.26. The molecule has 11 heteroatoms. The smallest absolute Gasteiger partial charge is 0.199 e. The summed E-state index contributed by atoms with van der Waals surface area (Å²) in [6.07, 6.45) is 2.54. The van der Waals surface area contributed by atoms with Crippen molar-refractivity contribution in [2.45, 2.75) is 57.6 Å². The van der Waals surface area contributed by atoms with Crippen molar-refractivity contribution in [3.05, 3.63) is 11.6 Å². The first kappa shape index (κ1) is 17.4. The first-order valence-electron chi connectivity index (χ1n) is 9.71. The van der Waals surface area contributed by atoms with E-state index in [0.717, 1.165) is 37.4 Å². The molecule has 28 heavy (non-hydrogen) atoms. The summed E-state index contributed by atoms with van der Waals surface area (Å²) in [5, 5.41) is 33.5. The normalized spacial score (nSPS) is 21.6. The number of rotatable bonds is 4. The van der Waals surface area contributed by atoms with Gasteiger partial charge in [-0.1, -0.05) is 31.2 Å². The highest BCUT2D eigenvalue weighted by Gasteiger charge is 2.39. The van der Waals surface area contributed by atoms with Gasteiger partial charge < -0.3 is 10.0 Å². The van der Waals surface area contributed by atoms with Crippen LogP contribution in [0.2, 0.25) is 0 Å². The van der Waals surface area contributed by atoms with Crippen molar-refractivity contribution in [2.75, 3.05) is 18.0 Å². The first-order valence-corrected chi connectivity index (χ1v) is 9.71. The number of tetrazole rings is 1. The van der Waals surface area contributed by atoms with Crippen molar-refractivity contribution < 1.29 is 5.11 Å². The minimum absolute atomic E-state index is 0.150. The van der Waals surface area contributed by atoms with Crippen molar-refractivity contribution in [3.63, 3.8) is 0 Å². The highest BCUT2D eigenvalue weighted by Crippen LogP contribution is 2.43. The summed E-state index contributed by atoms with van der Waals surface area (Å²) in [7, 11) is 0. The molecule has 1 saturated heterocycles. The van der Waals surface area contributed by atoms with E-state index in [0.29, 0.717) is 29.5 Å². The number of anilines is 1. The second-order valence-corrected chi connectivity index (χ2v) is 8.77. The molecule has 5 rings (SSSR count). The van der Waals surface area contributed by atoms with Crippen molar-refractivity contribution in [3.8, 4) is 0 Å². The number of H-pyrrole nitrogens is 1. The number of nitrogens with one attached hydrogen (secondary N) is 1. The second-order valence-electron chi connectivity index (χ2n) is 8.77. The molecule has 2 fully saturated rings. The third kappa shape index (κ3) is 2.89. The molecular formula is C17H24N10O. The average Bonchev–Trinajstić information content (AvgIpc) is 3.03. The molecule has 2 aliphatic rings. The number of aliphatic hydroxyl groups is 1. The van der Waals surface area contributed by atoms with Crippen molar-refractivity contribution in [2.24, 2.45) is 5.92 Å². The van der Waals surface area contributed by atoms with Gasteiger partial charge in [-0.25, -0.2) is 14.6 Å². The minimum Gasteiger partial charge on any atom is -0.391 e. The average molecular weight is 384 g/mol. The summed E-state index contributed by atoms with van der Waals surface area (Å²) in [5.41, 5.74) is 1.09. The summed E-state index contributed by atoms with van der Waals surface area (Å²) in [6, 6.07) is -0.150. The van der Waals surface area contributed by atoms with Crippen LogP contribution >= 0.6 is 0 Å². The molecule has 3 aromatic rings. The maximum Gasteiger partial charge on any atom is 0.199 e. The molecule has 0 amide bonds. The van der Waals surface area contributed by atoms with Crippen molar-refractivity contribution >= 4 is 17.0 Å². The number of aliphatic hydroxyl groups excluding tert-OH is 1. The maximum atomic E-state index is 10.0. The zero-order valence-corrected chi connectivity index (χ0v) is 16.2. The molecule has 1 aliphatic carbocycles. The topological polar surface area (TPSA) is 134 Å². The van der Waals surface area contributed by atoms with Crippen LogP contribution in [0, 0.1) is 5.92 Å². The molecule has 2 N–H and O–H groups in total. The molecule has 0 radical (unpaired) electrons. The molecule has 2 atom stereocenters. The Kier molecular flexibility index (Phi) is 3.83. The number of hydrogen-bond acceptors (Lipinski definition) is 9. The van der Waals surface area contributed by atoms with Crippen LogP contribution < -0.4 is 4.90 Å². The molecule has 1 saturated carbocycles. The van der Waals surface area contributed by atoms with Crippen LogP contribution in [0.5, 0.6) is 0 Å². The molecule has 1 aliphatic heterocycles. The van der Waals surface area contributed by atoms with Gasteiger partial charge in [0.15, 0.2) is 22.8 Å². The first-order chi connectivity index (χ1) is 13.4. The van der Waals surface area contributed by atoms with E-state index in [2.05, 4.69) is 56.6 Å². The zero-order chi connectivity index (χ0) is 19.5. The molecule has 2 unspecified atom stereocenters. The number of fused-ring (bicyclic) bond motifs is 1. The van der Waals surface area contributed by atoms with Gasteiger partial charge in [0.05, 0.1) is 6.10 Å². The van der Waals surface area contributed by atoms with Gasteiger partial charge in [-0.15, -0.1) is 15.3 Å². The quantitative estimate of drug-likeness (QED) is 0.663. The Balaban J connectivity index is 1.69. The Morgan fingerprint density at radius 2 is 1.96 bits per heavy atom. The zero-order valence-electron chi connectivity index (χ0n) is 16.2. The van der Waals surface area contributed by atoms with E-state index in [4.69, 9.17) is 9.97 Å². The van der Waals surface area contributed by atoms with Crippen molar-refractivity contribution in [1.29, 1.82) is 0 Å². The standard InChI is InChI=1S/C17H24N10O/c1-17(2,3)16-18-14(26-7-6-10(28)8-26)11-15(19-16)27(25-20-11)12(9-4-5-9)13-21-23-24-22-13/h9-10,12,28H,4-8H2,1-3H3,(H,21,22,23,24). The van der Waals surface area contributed by atoms with E-state index in [-0.39, 0.29) is 17.6 Å². The summed E-state index contributed by atoms with van der Waals surface area (Å²) in [4.78, 5) is 11.7. The molecule has 148 valence electrons. The summed E-state index contributed by atoms with van der Waals surface area (Å²) in [6.45, 7) is 7.54. The van der Waals surface area contributed by atoms with Gasteiger partial charge in [0.1, 0.15) is 11.9 Å². The van der Waals surface area contributed by atoms with Crippen LogP contribution in [0.25, 0.3) is 11.2 Å². The Labute approximate surface area is 161 Å². The van der Waals surface area contributed by atoms with E-state index >= 15 is 0 Å². The van der Waals surface area contributed by atoms with Gasteiger partial charge in [-0.3, -0.25) is 0 Å². The van der Waals surface area contributed by atoms with E-state index < -0.39 is 0 Å². The summed E-state index contributed by atoms with van der Waals surface area (Å²) < 4.78 is 1.82. The predicted molar refractivity (Wildman–Crippen MR) is 99.7 cm³/mol. The third-order valence-electron chi connectivity index (χ3n) is 5.40. The summed E-state index contributed by atoms with van der Waals surface area (Å²) in [5.74, 6) is 2.46. The fourth-order valence-corrected chi connectivity index (χ4v) is 3.72. The van der Waals surface area contributed by atoms with Crippen LogP contribution in [-0.4, -0.2) is 69.9 Å². The molecule has 3 aromatic heterocycles. The Hall–Kier alpha value is -2.69. The minimum atomic E-state index is -0.350. The monoisotopic (exact) mass is 384 g/mol. The van der Waals surface area contributed by atoms with Crippen LogP contribution in [0.3, 0.4) is 0 Å². The molecule has 0 bridgehead atoms. The Morgan fingerprint density at radius 1 is 1.14 bits per heavy atom. The number of β-amino-alcohol motifs (C(OH)–C–C–N with tert-alkyl or cyclic N) is 1. The van der Waals surface area contributed by atoms with Gasteiger partial charge in [0, 0.05) is 18.5 Å². The van der Waals surface area contributed by atoms with Crippen LogP contribution in [0.4, 0.5) is 5.82 Å². The van der Waals surface area contributed by atoms with Crippen LogP contribution in [0.1, 0.15) is 57.7 Å². The molecule has 11 nitrogen and oxygen atoms in total. The molecule has 0 spiro atoms. The van der Waals surface area contributed by atoms with E-state index in [1.54, 1.807) is 0 Å².